The van der Waals surface area contributed by atoms with Gasteiger partial charge in [0.2, 0.25) is 0 Å². The summed E-state index contributed by atoms with van der Waals surface area (Å²) < 4.78 is 15.8. The lowest BCUT2D eigenvalue weighted by molar-refractivity contribution is -0.118. The molecule has 1 aromatic heterocycles. The summed E-state index contributed by atoms with van der Waals surface area (Å²) >= 11 is 1.14. The maximum absolute atomic E-state index is 12.5. The molecule has 9 heteroatoms. The number of hydrogen-bond acceptors (Lipinski definition) is 7. The molecule has 0 saturated heterocycles. The molecule has 3 aromatic rings. The van der Waals surface area contributed by atoms with Gasteiger partial charge in [-0.3, -0.25) is 10.1 Å². The van der Waals surface area contributed by atoms with Crippen molar-refractivity contribution < 1.29 is 23.8 Å². The zero-order valence-electron chi connectivity index (χ0n) is 17.2. The zero-order chi connectivity index (χ0) is 22.1. The van der Waals surface area contributed by atoms with Crippen LogP contribution in [0, 0.1) is 0 Å². The minimum absolute atomic E-state index is 0.180. The van der Waals surface area contributed by atoms with Crippen molar-refractivity contribution in [2.24, 2.45) is 0 Å². The van der Waals surface area contributed by atoms with Crippen LogP contribution in [-0.4, -0.2) is 36.8 Å². The quantitative estimate of drug-likeness (QED) is 0.495. The van der Waals surface area contributed by atoms with E-state index >= 15 is 0 Å². The normalized spacial score (nSPS) is 10.3. The number of anilines is 2. The van der Waals surface area contributed by atoms with E-state index in [1.807, 2.05) is 37.3 Å². The van der Waals surface area contributed by atoms with Gasteiger partial charge in [0.15, 0.2) is 11.7 Å². The molecule has 8 nitrogen and oxygen atoms in total. The highest BCUT2D eigenvalue weighted by Gasteiger charge is 2.17. The van der Waals surface area contributed by atoms with E-state index in [1.54, 1.807) is 31.2 Å². The predicted molar refractivity (Wildman–Crippen MR) is 120 cm³/mol. The minimum atomic E-state index is -0.604. The Kier molecular flexibility index (Phi) is 7.83. The van der Waals surface area contributed by atoms with E-state index in [9.17, 15) is 9.59 Å². The number of aromatic nitrogens is 1. The first kappa shape index (κ1) is 22.1. The van der Waals surface area contributed by atoms with Crippen molar-refractivity contribution in [1.82, 2.24) is 4.98 Å². The second-order valence-corrected chi connectivity index (χ2v) is 7.15. The lowest BCUT2D eigenvalue weighted by Crippen LogP contribution is -2.19. The van der Waals surface area contributed by atoms with E-state index in [2.05, 4.69) is 15.6 Å². The van der Waals surface area contributed by atoms with Crippen molar-refractivity contribution in [1.29, 1.82) is 0 Å². The molecule has 0 aliphatic rings. The summed E-state index contributed by atoms with van der Waals surface area (Å²) in [6.07, 6.45) is -0.604. The third kappa shape index (κ3) is 6.45. The SMILES string of the molecule is CCOC(=O)Nc1nc(-c2ccccc2)c(NC(=O)COc2ccc(OCC)cc2)s1. The Morgan fingerprint density at radius 1 is 0.903 bits per heavy atom. The number of carbonyl (C=O) groups is 2. The van der Waals surface area contributed by atoms with Crippen molar-refractivity contribution in [3.63, 3.8) is 0 Å². The topological polar surface area (TPSA) is 98.8 Å². The van der Waals surface area contributed by atoms with Crippen LogP contribution in [0.15, 0.2) is 54.6 Å². The van der Waals surface area contributed by atoms with E-state index in [-0.39, 0.29) is 19.1 Å². The molecule has 0 bridgehead atoms. The summed E-state index contributed by atoms with van der Waals surface area (Å²) in [5.41, 5.74) is 1.35. The first-order chi connectivity index (χ1) is 15.1. The highest BCUT2D eigenvalue weighted by Crippen LogP contribution is 2.36. The molecule has 0 unspecified atom stereocenters. The average molecular weight is 442 g/mol. The van der Waals surface area contributed by atoms with Crippen LogP contribution in [0.2, 0.25) is 0 Å². The molecule has 0 spiro atoms. The Labute approximate surface area is 184 Å². The van der Waals surface area contributed by atoms with Gasteiger partial charge in [0, 0.05) is 5.56 Å². The molecule has 0 aliphatic heterocycles. The van der Waals surface area contributed by atoms with Gasteiger partial charge >= 0.3 is 6.09 Å². The Morgan fingerprint density at radius 2 is 1.58 bits per heavy atom. The lowest BCUT2D eigenvalue weighted by Gasteiger charge is -2.08. The highest BCUT2D eigenvalue weighted by atomic mass is 32.1. The third-order valence-electron chi connectivity index (χ3n) is 3.92. The Bertz CT molecular complexity index is 1010. The van der Waals surface area contributed by atoms with E-state index in [4.69, 9.17) is 14.2 Å². The molecule has 0 fully saturated rings. The fourth-order valence-corrected chi connectivity index (χ4v) is 3.50. The Hall–Kier alpha value is -3.59. The van der Waals surface area contributed by atoms with E-state index in [1.165, 1.54) is 0 Å². The summed E-state index contributed by atoms with van der Waals surface area (Å²) in [5, 5.41) is 6.20. The van der Waals surface area contributed by atoms with Crippen molar-refractivity contribution in [3.8, 4) is 22.8 Å². The molecule has 2 amide bonds. The molecule has 0 aliphatic carbocycles. The number of amides is 2. The van der Waals surface area contributed by atoms with Gasteiger partial charge in [-0.05, 0) is 38.1 Å². The number of rotatable bonds is 9. The Balaban J connectivity index is 1.69. The second-order valence-electron chi connectivity index (χ2n) is 6.15. The number of benzene rings is 2. The molecule has 3 rings (SSSR count). The van der Waals surface area contributed by atoms with Crippen LogP contribution < -0.4 is 20.1 Å². The van der Waals surface area contributed by atoms with Gasteiger partial charge in [-0.15, -0.1) is 0 Å². The number of hydrogen-bond donors (Lipinski definition) is 2. The fourth-order valence-electron chi connectivity index (χ4n) is 2.61. The molecule has 162 valence electrons. The van der Waals surface area contributed by atoms with Gasteiger partial charge in [0.25, 0.3) is 5.91 Å². The van der Waals surface area contributed by atoms with Crippen molar-refractivity contribution >= 4 is 33.5 Å². The van der Waals surface area contributed by atoms with E-state index in [0.717, 1.165) is 22.6 Å². The minimum Gasteiger partial charge on any atom is -0.494 e. The van der Waals surface area contributed by atoms with Crippen LogP contribution in [-0.2, 0) is 9.53 Å². The summed E-state index contributed by atoms with van der Waals surface area (Å²) in [5.74, 6) is 0.936. The van der Waals surface area contributed by atoms with Crippen LogP contribution in [0.25, 0.3) is 11.3 Å². The molecule has 0 saturated carbocycles. The molecule has 31 heavy (non-hydrogen) atoms. The standard InChI is InChI=1S/C22H23N3O5S/c1-3-28-16-10-12-17(13-11-16)30-14-18(26)23-20-19(15-8-6-5-7-9-15)24-21(31-20)25-22(27)29-4-2/h5-13H,3-4,14H2,1-2H3,(H,23,26)(H,24,25,27). The molecular weight excluding hydrogens is 418 g/mol. The van der Waals surface area contributed by atoms with Gasteiger partial charge < -0.3 is 19.5 Å². The molecule has 0 radical (unpaired) electrons. The van der Waals surface area contributed by atoms with Crippen LogP contribution in [0.5, 0.6) is 11.5 Å². The molecule has 2 N–H and O–H groups in total. The summed E-state index contributed by atoms with van der Waals surface area (Å²) in [6.45, 7) is 4.27. The fraction of sp³-hybridized carbons (Fsp3) is 0.227. The summed E-state index contributed by atoms with van der Waals surface area (Å²) in [4.78, 5) is 28.7. The molecule has 1 heterocycles. The van der Waals surface area contributed by atoms with Gasteiger partial charge in [-0.25, -0.2) is 9.78 Å². The highest BCUT2D eigenvalue weighted by molar-refractivity contribution is 7.20. The maximum Gasteiger partial charge on any atom is 0.413 e. The zero-order valence-corrected chi connectivity index (χ0v) is 18.0. The number of thiazole rings is 1. The van der Waals surface area contributed by atoms with Crippen LogP contribution in [0.1, 0.15) is 13.8 Å². The van der Waals surface area contributed by atoms with Crippen molar-refractivity contribution in [2.45, 2.75) is 13.8 Å². The maximum atomic E-state index is 12.5. The van der Waals surface area contributed by atoms with Gasteiger partial charge in [-0.2, -0.15) is 0 Å². The Morgan fingerprint density at radius 3 is 2.23 bits per heavy atom. The van der Waals surface area contributed by atoms with Crippen LogP contribution in [0.3, 0.4) is 0 Å². The lowest BCUT2D eigenvalue weighted by atomic mass is 10.2. The van der Waals surface area contributed by atoms with E-state index in [0.29, 0.717) is 28.2 Å². The average Bonchev–Trinajstić information content (AvgIpc) is 3.16. The second kappa shape index (κ2) is 11.0. The number of nitrogens with zero attached hydrogens (tertiary/aromatic N) is 1. The van der Waals surface area contributed by atoms with Gasteiger partial charge in [0.1, 0.15) is 22.2 Å². The largest absolute Gasteiger partial charge is 0.494 e. The predicted octanol–water partition coefficient (Wildman–Crippen LogP) is 4.79. The van der Waals surface area contributed by atoms with Crippen LogP contribution >= 0.6 is 11.3 Å². The van der Waals surface area contributed by atoms with Gasteiger partial charge in [-0.1, -0.05) is 41.7 Å². The summed E-state index contributed by atoms with van der Waals surface area (Å²) in [7, 11) is 0. The van der Waals surface area contributed by atoms with Crippen molar-refractivity contribution in [2.75, 3.05) is 30.5 Å². The number of carbonyl (C=O) groups excluding carboxylic acids is 2. The molecule has 0 atom stereocenters. The van der Waals surface area contributed by atoms with Crippen molar-refractivity contribution in [3.05, 3.63) is 54.6 Å². The smallest absolute Gasteiger partial charge is 0.413 e. The monoisotopic (exact) mass is 441 g/mol. The molecular formula is C22H23N3O5S. The summed E-state index contributed by atoms with van der Waals surface area (Å²) in [6, 6.07) is 16.4. The number of ether oxygens (including phenoxy) is 3. The first-order valence-corrected chi connectivity index (χ1v) is 10.6. The first-order valence-electron chi connectivity index (χ1n) is 9.74. The molecule has 2 aromatic carbocycles. The number of nitrogens with one attached hydrogen (secondary N) is 2. The van der Waals surface area contributed by atoms with Crippen LogP contribution in [0.4, 0.5) is 14.9 Å². The van der Waals surface area contributed by atoms with Gasteiger partial charge in [0.05, 0.1) is 13.2 Å². The van der Waals surface area contributed by atoms with E-state index < -0.39 is 6.09 Å². The third-order valence-corrected chi connectivity index (χ3v) is 4.80.